The van der Waals surface area contributed by atoms with Gasteiger partial charge in [0.2, 0.25) is 5.91 Å². The predicted octanol–water partition coefficient (Wildman–Crippen LogP) is 3.49. The molecule has 2 aromatic carbocycles. The van der Waals surface area contributed by atoms with E-state index in [1.54, 1.807) is 0 Å². The van der Waals surface area contributed by atoms with Gasteiger partial charge in [-0.05, 0) is 49.4 Å². The van der Waals surface area contributed by atoms with Crippen LogP contribution in [0.3, 0.4) is 0 Å². The van der Waals surface area contributed by atoms with Gasteiger partial charge in [0.15, 0.2) is 0 Å². The van der Waals surface area contributed by atoms with Crippen molar-refractivity contribution in [3.63, 3.8) is 0 Å². The van der Waals surface area contributed by atoms with Crippen molar-refractivity contribution in [1.29, 1.82) is 0 Å². The molecular formula is C19H23NO2. The Morgan fingerprint density at radius 2 is 1.55 bits per heavy atom. The minimum atomic E-state index is 0.0435. The molecule has 0 unspecified atom stereocenters. The molecule has 0 saturated heterocycles. The molecule has 0 saturated carbocycles. The van der Waals surface area contributed by atoms with E-state index in [0.29, 0.717) is 12.8 Å². The Labute approximate surface area is 132 Å². The summed E-state index contributed by atoms with van der Waals surface area (Å²) in [6.07, 6.45) is 2.93. The average Bonchev–Trinajstić information content (AvgIpc) is 2.51. The molecule has 0 radical (unpaired) electrons. The van der Waals surface area contributed by atoms with Gasteiger partial charge in [0.05, 0.1) is 0 Å². The zero-order chi connectivity index (χ0) is 15.8. The molecule has 0 aliphatic carbocycles. The van der Waals surface area contributed by atoms with Crippen LogP contribution in [-0.4, -0.2) is 17.6 Å². The second kappa shape index (κ2) is 8.35. The number of carbonyl (C=O) groups is 1. The maximum absolute atomic E-state index is 11.9. The Hall–Kier alpha value is -2.13. The van der Waals surface area contributed by atoms with E-state index in [1.807, 2.05) is 24.3 Å². The predicted molar refractivity (Wildman–Crippen MR) is 90.0 cm³/mol. The lowest BCUT2D eigenvalue weighted by Crippen LogP contribution is -2.11. The topological polar surface area (TPSA) is 49.3 Å². The third kappa shape index (κ3) is 5.34. The zero-order valence-corrected chi connectivity index (χ0v) is 13.0. The first-order chi connectivity index (χ1) is 10.7. The lowest BCUT2D eigenvalue weighted by molar-refractivity contribution is -0.116. The van der Waals surface area contributed by atoms with Gasteiger partial charge in [-0.1, -0.05) is 42.0 Å². The molecule has 0 aliphatic rings. The number of hydrogen-bond donors (Lipinski definition) is 2. The monoisotopic (exact) mass is 297 g/mol. The number of nitrogens with one attached hydrogen (secondary N) is 1. The zero-order valence-electron chi connectivity index (χ0n) is 13.0. The molecule has 3 nitrogen and oxygen atoms in total. The first-order valence-corrected chi connectivity index (χ1v) is 7.72. The second-order valence-electron chi connectivity index (χ2n) is 5.56. The van der Waals surface area contributed by atoms with Crippen molar-refractivity contribution in [2.45, 2.75) is 32.6 Å². The Bertz CT molecular complexity index is 588. The molecule has 2 N–H and O–H groups in total. The number of aliphatic hydroxyl groups is 1. The number of carbonyl (C=O) groups excluding carboxylic acids is 1. The molecule has 116 valence electrons. The van der Waals surface area contributed by atoms with Gasteiger partial charge in [-0.15, -0.1) is 0 Å². The molecule has 0 heterocycles. The highest BCUT2D eigenvalue weighted by molar-refractivity contribution is 5.90. The van der Waals surface area contributed by atoms with E-state index in [4.69, 9.17) is 5.11 Å². The summed E-state index contributed by atoms with van der Waals surface area (Å²) in [4.78, 5) is 11.9. The van der Waals surface area contributed by atoms with Gasteiger partial charge in [0.25, 0.3) is 0 Å². The van der Waals surface area contributed by atoms with Crippen molar-refractivity contribution in [1.82, 2.24) is 0 Å². The molecule has 0 spiro atoms. The number of aliphatic hydroxyl groups excluding tert-OH is 1. The summed E-state index contributed by atoms with van der Waals surface area (Å²) in [6, 6.07) is 16.1. The molecule has 2 aromatic rings. The highest BCUT2D eigenvalue weighted by Gasteiger charge is 2.03. The first-order valence-electron chi connectivity index (χ1n) is 7.72. The summed E-state index contributed by atoms with van der Waals surface area (Å²) in [5.41, 5.74) is 4.40. The standard InChI is InChI=1S/C19H23NO2/c1-15-5-7-16(8-6-15)3-2-4-19(22)20-18-11-9-17(10-12-18)13-14-21/h5-12,21H,2-4,13-14H2,1H3,(H,20,22). The minimum Gasteiger partial charge on any atom is -0.396 e. The van der Waals surface area contributed by atoms with Crippen LogP contribution >= 0.6 is 0 Å². The summed E-state index contributed by atoms with van der Waals surface area (Å²) >= 11 is 0. The van der Waals surface area contributed by atoms with Crippen molar-refractivity contribution in [3.05, 3.63) is 65.2 Å². The number of amides is 1. The fourth-order valence-corrected chi connectivity index (χ4v) is 2.32. The van der Waals surface area contributed by atoms with Crippen LogP contribution < -0.4 is 5.32 Å². The average molecular weight is 297 g/mol. The largest absolute Gasteiger partial charge is 0.396 e. The van der Waals surface area contributed by atoms with Crippen LogP contribution in [0.15, 0.2) is 48.5 Å². The van der Waals surface area contributed by atoms with Gasteiger partial charge in [-0.3, -0.25) is 4.79 Å². The summed E-state index contributed by atoms with van der Waals surface area (Å²) in [6.45, 7) is 2.22. The van der Waals surface area contributed by atoms with Gasteiger partial charge in [0.1, 0.15) is 0 Å². The van der Waals surface area contributed by atoms with Crippen LogP contribution in [0.25, 0.3) is 0 Å². The highest BCUT2D eigenvalue weighted by Crippen LogP contribution is 2.12. The molecule has 1 amide bonds. The van der Waals surface area contributed by atoms with E-state index in [2.05, 4.69) is 36.5 Å². The Kier molecular flexibility index (Phi) is 6.16. The first kappa shape index (κ1) is 16.2. The number of anilines is 1. The van der Waals surface area contributed by atoms with Crippen LogP contribution in [0, 0.1) is 6.92 Å². The summed E-state index contributed by atoms with van der Waals surface area (Å²) in [7, 11) is 0. The molecule has 22 heavy (non-hydrogen) atoms. The van der Waals surface area contributed by atoms with E-state index in [1.165, 1.54) is 11.1 Å². The minimum absolute atomic E-state index is 0.0435. The summed E-state index contributed by atoms with van der Waals surface area (Å²) < 4.78 is 0. The Morgan fingerprint density at radius 1 is 0.955 bits per heavy atom. The number of benzene rings is 2. The molecule has 0 aromatic heterocycles. The van der Waals surface area contributed by atoms with E-state index >= 15 is 0 Å². The van der Waals surface area contributed by atoms with Crippen molar-refractivity contribution in [3.8, 4) is 0 Å². The molecule has 0 atom stereocenters. The van der Waals surface area contributed by atoms with Gasteiger partial charge in [-0.25, -0.2) is 0 Å². The second-order valence-corrected chi connectivity index (χ2v) is 5.56. The third-order valence-corrected chi connectivity index (χ3v) is 3.63. The fourth-order valence-electron chi connectivity index (χ4n) is 2.32. The molecule has 0 fully saturated rings. The van der Waals surface area contributed by atoms with Crippen molar-refractivity contribution in [2.75, 3.05) is 11.9 Å². The lowest BCUT2D eigenvalue weighted by Gasteiger charge is -2.06. The van der Waals surface area contributed by atoms with E-state index < -0.39 is 0 Å². The van der Waals surface area contributed by atoms with Crippen molar-refractivity contribution in [2.24, 2.45) is 0 Å². The van der Waals surface area contributed by atoms with Crippen molar-refractivity contribution < 1.29 is 9.90 Å². The SMILES string of the molecule is Cc1ccc(CCCC(=O)Nc2ccc(CCO)cc2)cc1. The molecule has 2 rings (SSSR count). The van der Waals surface area contributed by atoms with Crippen LogP contribution in [-0.2, 0) is 17.6 Å². The van der Waals surface area contributed by atoms with Gasteiger partial charge in [-0.2, -0.15) is 0 Å². The van der Waals surface area contributed by atoms with Crippen LogP contribution in [0.2, 0.25) is 0 Å². The smallest absolute Gasteiger partial charge is 0.224 e. The van der Waals surface area contributed by atoms with E-state index in [0.717, 1.165) is 24.1 Å². The fraction of sp³-hybridized carbons (Fsp3) is 0.316. The van der Waals surface area contributed by atoms with Crippen LogP contribution in [0.1, 0.15) is 29.5 Å². The molecule has 0 bridgehead atoms. The Morgan fingerprint density at radius 3 is 2.18 bits per heavy atom. The van der Waals surface area contributed by atoms with Crippen LogP contribution in [0.5, 0.6) is 0 Å². The molecule has 0 aliphatic heterocycles. The van der Waals surface area contributed by atoms with Crippen molar-refractivity contribution >= 4 is 11.6 Å². The summed E-state index contributed by atoms with van der Waals surface area (Å²) in [5, 5.41) is 11.8. The number of rotatable bonds is 7. The summed E-state index contributed by atoms with van der Waals surface area (Å²) in [5.74, 6) is 0.0435. The maximum atomic E-state index is 11.9. The quantitative estimate of drug-likeness (QED) is 0.822. The van der Waals surface area contributed by atoms with E-state index in [-0.39, 0.29) is 12.5 Å². The molecular weight excluding hydrogens is 274 g/mol. The Balaban J connectivity index is 1.74. The van der Waals surface area contributed by atoms with Gasteiger partial charge < -0.3 is 10.4 Å². The molecule has 3 heteroatoms. The third-order valence-electron chi connectivity index (χ3n) is 3.63. The van der Waals surface area contributed by atoms with Gasteiger partial charge >= 0.3 is 0 Å². The number of hydrogen-bond acceptors (Lipinski definition) is 2. The lowest BCUT2D eigenvalue weighted by atomic mass is 10.1. The number of aryl methyl sites for hydroxylation is 2. The van der Waals surface area contributed by atoms with E-state index in [9.17, 15) is 4.79 Å². The maximum Gasteiger partial charge on any atom is 0.224 e. The van der Waals surface area contributed by atoms with Crippen LogP contribution in [0.4, 0.5) is 5.69 Å². The van der Waals surface area contributed by atoms with Gasteiger partial charge in [0, 0.05) is 18.7 Å². The highest BCUT2D eigenvalue weighted by atomic mass is 16.2. The normalized spacial score (nSPS) is 10.5.